The standard InChI is InChI=1S/C28H29ClN4OS/c1-18-11-16-22(17-23(18)29)30-26(34)24(19-9-7-6-8-10-19)35-27-32-31-25(33(27)5)20-12-14-21(15-13-20)28(2,3)4/h6-17,24H,1-5H3,(H,30,34). The average Bonchev–Trinajstić information content (AvgIpc) is 3.19. The number of carbonyl (C=O) groups is 1. The van der Waals surface area contributed by atoms with Crippen molar-refractivity contribution >= 4 is 35.0 Å². The van der Waals surface area contributed by atoms with Crippen molar-refractivity contribution in [1.82, 2.24) is 14.8 Å². The molecule has 1 N–H and O–H groups in total. The molecule has 0 radical (unpaired) electrons. The fourth-order valence-electron chi connectivity index (χ4n) is 3.67. The van der Waals surface area contributed by atoms with Crippen LogP contribution >= 0.6 is 23.4 Å². The molecule has 1 heterocycles. The number of nitrogens with zero attached hydrogens (tertiary/aromatic N) is 3. The molecule has 35 heavy (non-hydrogen) atoms. The number of benzene rings is 3. The van der Waals surface area contributed by atoms with Crippen molar-refractivity contribution in [1.29, 1.82) is 0 Å². The van der Waals surface area contributed by atoms with Crippen molar-refractivity contribution in [2.24, 2.45) is 7.05 Å². The van der Waals surface area contributed by atoms with Crippen molar-refractivity contribution in [3.8, 4) is 11.4 Å². The third-order valence-electron chi connectivity index (χ3n) is 5.85. The summed E-state index contributed by atoms with van der Waals surface area (Å²) in [5.41, 5.74) is 4.82. The second-order valence-electron chi connectivity index (χ2n) is 9.55. The Kier molecular flexibility index (Phi) is 7.33. The number of rotatable bonds is 6. The predicted octanol–water partition coefficient (Wildman–Crippen LogP) is 7.21. The van der Waals surface area contributed by atoms with Crippen LogP contribution in [0, 0.1) is 6.92 Å². The van der Waals surface area contributed by atoms with Gasteiger partial charge < -0.3 is 9.88 Å². The first-order chi connectivity index (χ1) is 16.6. The van der Waals surface area contributed by atoms with Crippen LogP contribution in [0.4, 0.5) is 5.69 Å². The van der Waals surface area contributed by atoms with Gasteiger partial charge in [0.1, 0.15) is 5.25 Å². The normalized spacial score (nSPS) is 12.4. The third kappa shape index (κ3) is 5.77. The van der Waals surface area contributed by atoms with E-state index in [1.54, 1.807) is 6.07 Å². The largest absolute Gasteiger partial charge is 0.325 e. The van der Waals surface area contributed by atoms with E-state index in [0.29, 0.717) is 15.9 Å². The Morgan fingerprint density at radius 3 is 2.31 bits per heavy atom. The van der Waals surface area contributed by atoms with E-state index < -0.39 is 5.25 Å². The lowest BCUT2D eigenvalue weighted by Gasteiger charge is -2.19. The minimum atomic E-state index is -0.518. The number of anilines is 1. The molecule has 0 saturated carbocycles. The first kappa shape index (κ1) is 25.0. The van der Waals surface area contributed by atoms with E-state index in [4.69, 9.17) is 11.6 Å². The molecule has 0 saturated heterocycles. The molecule has 5 nitrogen and oxygen atoms in total. The highest BCUT2D eigenvalue weighted by molar-refractivity contribution is 8.00. The minimum Gasteiger partial charge on any atom is -0.325 e. The SMILES string of the molecule is Cc1ccc(NC(=O)C(Sc2nnc(-c3ccc(C(C)(C)C)cc3)n2C)c2ccccc2)cc1Cl. The van der Waals surface area contributed by atoms with Crippen LogP contribution in [0.1, 0.15) is 42.7 Å². The number of aryl methyl sites for hydroxylation is 1. The molecule has 7 heteroatoms. The van der Waals surface area contributed by atoms with Crippen LogP contribution in [-0.2, 0) is 17.3 Å². The van der Waals surface area contributed by atoms with E-state index in [2.05, 4.69) is 60.6 Å². The Labute approximate surface area is 215 Å². The summed E-state index contributed by atoms with van der Waals surface area (Å²) in [6, 6.07) is 23.6. The summed E-state index contributed by atoms with van der Waals surface area (Å²) >= 11 is 7.63. The molecule has 1 aromatic heterocycles. The number of hydrogen-bond donors (Lipinski definition) is 1. The summed E-state index contributed by atoms with van der Waals surface area (Å²) in [5, 5.41) is 12.6. The van der Waals surface area contributed by atoms with Crippen molar-refractivity contribution < 1.29 is 4.79 Å². The van der Waals surface area contributed by atoms with Crippen LogP contribution in [0.2, 0.25) is 5.02 Å². The third-order valence-corrected chi connectivity index (χ3v) is 7.54. The summed E-state index contributed by atoms with van der Waals surface area (Å²) in [6.45, 7) is 8.51. The summed E-state index contributed by atoms with van der Waals surface area (Å²) in [5.74, 6) is 0.602. The Morgan fingerprint density at radius 1 is 1.00 bits per heavy atom. The summed E-state index contributed by atoms with van der Waals surface area (Å²) in [4.78, 5) is 13.4. The zero-order valence-electron chi connectivity index (χ0n) is 20.5. The van der Waals surface area contributed by atoms with Gasteiger partial charge in [0.05, 0.1) is 0 Å². The van der Waals surface area contributed by atoms with E-state index in [1.807, 2.05) is 61.0 Å². The fourth-order valence-corrected chi connectivity index (χ4v) is 4.86. The van der Waals surface area contributed by atoms with Gasteiger partial charge in [-0.3, -0.25) is 4.79 Å². The van der Waals surface area contributed by atoms with Gasteiger partial charge in [-0.05, 0) is 41.2 Å². The first-order valence-electron chi connectivity index (χ1n) is 11.4. The zero-order valence-corrected chi connectivity index (χ0v) is 22.1. The Bertz CT molecular complexity index is 1330. The molecule has 0 fully saturated rings. The van der Waals surface area contributed by atoms with Crippen molar-refractivity contribution in [3.05, 3.63) is 94.5 Å². The van der Waals surface area contributed by atoms with Crippen LogP contribution in [0.3, 0.4) is 0 Å². The molecule has 0 spiro atoms. The summed E-state index contributed by atoms with van der Waals surface area (Å²) in [7, 11) is 1.93. The summed E-state index contributed by atoms with van der Waals surface area (Å²) < 4.78 is 1.93. The Morgan fingerprint density at radius 2 is 1.69 bits per heavy atom. The molecule has 0 aliphatic rings. The topological polar surface area (TPSA) is 59.8 Å². The van der Waals surface area contributed by atoms with Gasteiger partial charge in [-0.15, -0.1) is 10.2 Å². The molecule has 3 aromatic carbocycles. The molecule has 4 aromatic rings. The second-order valence-corrected chi connectivity index (χ2v) is 11.0. The number of carbonyl (C=O) groups excluding carboxylic acids is 1. The van der Waals surface area contributed by atoms with Gasteiger partial charge in [0.2, 0.25) is 5.91 Å². The number of amides is 1. The molecule has 0 bridgehead atoms. The van der Waals surface area contributed by atoms with Crippen LogP contribution in [0.25, 0.3) is 11.4 Å². The molecule has 0 aliphatic heterocycles. The van der Waals surface area contributed by atoms with Gasteiger partial charge in [0.15, 0.2) is 11.0 Å². The van der Waals surface area contributed by atoms with Crippen LogP contribution in [0.5, 0.6) is 0 Å². The van der Waals surface area contributed by atoms with Crippen molar-refractivity contribution in [2.45, 2.75) is 43.5 Å². The van der Waals surface area contributed by atoms with Gasteiger partial charge >= 0.3 is 0 Å². The van der Waals surface area contributed by atoms with Gasteiger partial charge in [0.25, 0.3) is 0 Å². The van der Waals surface area contributed by atoms with Crippen LogP contribution in [0.15, 0.2) is 78.0 Å². The van der Waals surface area contributed by atoms with E-state index >= 15 is 0 Å². The maximum atomic E-state index is 13.4. The molecule has 1 atom stereocenters. The summed E-state index contributed by atoms with van der Waals surface area (Å²) in [6.07, 6.45) is 0. The smallest absolute Gasteiger partial charge is 0.242 e. The van der Waals surface area contributed by atoms with Crippen LogP contribution in [-0.4, -0.2) is 20.7 Å². The van der Waals surface area contributed by atoms with E-state index in [0.717, 1.165) is 22.5 Å². The quantitative estimate of drug-likeness (QED) is 0.282. The lowest BCUT2D eigenvalue weighted by molar-refractivity contribution is -0.115. The molecule has 1 unspecified atom stereocenters. The highest BCUT2D eigenvalue weighted by Crippen LogP contribution is 2.37. The fraction of sp³-hybridized carbons (Fsp3) is 0.250. The highest BCUT2D eigenvalue weighted by Gasteiger charge is 2.26. The lowest BCUT2D eigenvalue weighted by Crippen LogP contribution is -2.19. The van der Waals surface area contributed by atoms with Crippen molar-refractivity contribution in [2.75, 3.05) is 5.32 Å². The number of hydrogen-bond acceptors (Lipinski definition) is 4. The van der Waals surface area contributed by atoms with E-state index in [1.165, 1.54) is 17.3 Å². The van der Waals surface area contributed by atoms with E-state index in [-0.39, 0.29) is 11.3 Å². The number of thioether (sulfide) groups is 1. The Balaban J connectivity index is 1.61. The molecule has 180 valence electrons. The van der Waals surface area contributed by atoms with Gasteiger partial charge in [-0.1, -0.05) is 105 Å². The van der Waals surface area contributed by atoms with E-state index in [9.17, 15) is 4.79 Å². The monoisotopic (exact) mass is 504 g/mol. The molecule has 0 aliphatic carbocycles. The van der Waals surface area contributed by atoms with Crippen LogP contribution < -0.4 is 5.32 Å². The molecule has 1 amide bonds. The number of aromatic nitrogens is 3. The van der Waals surface area contributed by atoms with Gasteiger partial charge in [-0.2, -0.15) is 0 Å². The number of nitrogens with one attached hydrogen (secondary N) is 1. The van der Waals surface area contributed by atoms with Gasteiger partial charge in [0, 0.05) is 23.3 Å². The maximum absolute atomic E-state index is 13.4. The highest BCUT2D eigenvalue weighted by atomic mass is 35.5. The Hall–Kier alpha value is -3.09. The second kappa shape index (κ2) is 10.3. The molecule has 4 rings (SSSR count). The predicted molar refractivity (Wildman–Crippen MR) is 145 cm³/mol. The van der Waals surface area contributed by atoms with Crippen molar-refractivity contribution in [3.63, 3.8) is 0 Å². The van der Waals surface area contributed by atoms with Gasteiger partial charge in [-0.25, -0.2) is 0 Å². The number of halogens is 1. The average molecular weight is 505 g/mol. The first-order valence-corrected chi connectivity index (χ1v) is 12.7. The zero-order chi connectivity index (χ0) is 25.2. The lowest BCUT2D eigenvalue weighted by atomic mass is 9.87. The maximum Gasteiger partial charge on any atom is 0.242 e. The minimum absolute atomic E-state index is 0.0807. The molecular formula is C28H29ClN4OS. The molecular weight excluding hydrogens is 476 g/mol.